The van der Waals surface area contributed by atoms with Crippen LogP contribution >= 0.6 is 0 Å². The van der Waals surface area contributed by atoms with Gasteiger partial charge < -0.3 is 14.8 Å². The Morgan fingerprint density at radius 3 is 2.52 bits per heavy atom. The number of hydrogen-bond acceptors (Lipinski definition) is 1. The third-order valence-electron chi connectivity index (χ3n) is 4.35. The Balaban J connectivity index is 1.72. The Bertz CT molecular complexity index is 999. The molecule has 0 aliphatic carbocycles. The maximum Gasteiger partial charge on any atom is 0.322 e. The van der Waals surface area contributed by atoms with Gasteiger partial charge in [0.15, 0.2) is 11.6 Å². The first-order valence-corrected chi connectivity index (χ1v) is 8.96. The van der Waals surface area contributed by atoms with Crippen LogP contribution in [0.2, 0.25) is 0 Å². The molecule has 29 heavy (non-hydrogen) atoms. The van der Waals surface area contributed by atoms with Crippen LogP contribution in [0.15, 0.2) is 73.4 Å². The van der Waals surface area contributed by atoms with E-state index in [1.165, 1.54) is 23.1 Å². The van der Waals surface area contributed by atoms with Gasteiger partial charge in [-0.1, -0.05) is 18.2 Å². The molecule has 1 heterocycles. The highest BCUT2D eigenvalue weighted by molar-refractivity contribution is 5.89. The van der Waals surface area contributed by atoms with Crippen molar-refractivity contribution in [2.75, 3.05) is 11.9 Å². The van der Waals surface area contributed by atoms with Gasteiger partial charge in [0.1, 0.15) is 5.82 Å². The summed E-state index contributed by atoms with van der Waals surface area (Å²) < 4.78 is 41.5. The number of carbonyl (C=O) groups excluding carboxylic acids is 1. The highest BCUT2D eigenvalue weighted by Gasteiger charge is 2.16. The summed E-state index contributed by atoms with van der Waals surface area (Å²) in [5.41, 5.74) is 1.94. The molecule has 0 fully saturated rings. The molecule has 0 saturated carbocycles. The lowest BCUT2D eigenvalue weighted by atomic mass is 10.2. The van der Waals surface area contributed by atoms with E-state index in [0.29, 0.717) is 6.54 Å². The Labute approximate surface area is 166 Å². The molecule has 7 heteroatoms. The lowest BCUT2D eigenvalue weighted by molar-refractivity contribution is 0.214. The molecule has 0 saturated heterocycles. The molecule has 3 rings (SSSR count). The van der Waals surface area contributed by atoms with E-state index in [0.717, 1.165) is 23.4 Å². The summed E-state index contributed by atoms with van der Waals surface area (Å²) >= 11 is 0. The van der Waals surface area contributed by atoms with E-state index in [4.69, 9.17) is 0 Å². The number of nitrogens with one attached hydrogen (secondary N) is 1. The molecule has 2 aromatic carbocycles. The van der Waals surface area contributed by atoms with E-state index >= 15 is 0 Å². The lowest BCUT2D eigenvalue weighted by Crippen LogP contribution is -2.35. The van der Waals surface area contributed by atoms with Crippen LogP contribution in [-0.4, -0.2) is 22.0 Å². The Morgan fingerprint density at radius 1 is 1.07 bits per heavy atom. The number of benzene rings is 2. The fourth-order valence-electron chi connectivity index (χ4n) is 2.88. The maximum atomic E-state index is 13.4. The van der Waals surface area contributed by atoms with E-state index in [-0.39, 0.29) is 24.6 Å². The number of amides is 2. The van der Waals surface area contributed by atoms with E-state index in [1.54, 1.807) is 18.2 Å². The third kappa shape index (κ3) is 5.28. The van der Waals surface area contributed by atoms with Crippen LogP contribution in [0, 0.1) is 17.5 Å². The normalized spacial score (nSPS) is 10.6. The van der Waals surface area contributed by atoms with Crippen LogP contribution in [-0.2, 0) is 13.1 Å². The van der Waals surface area contributed by atoms with Crippen molar-refractivity contribution >= 4 is 11.7 Å². The molecule has 0 aliphatic rings. The summed E-state index contributed by atoms with van der Waals surface area (Å²) in [7, 11) is 0. The average molecular weight is 399 g/mol. The number of urea groups is 1. The van der Waals surface area contributed by atoms with Gasteiger partial charge in [0, 0.05) is 36.7 Å². The van der Waals surface area contributed by atoms with Crippen LogP contribution in [0.25, 0.3) is 0 Å². The van der Waals surface area contributed by atoms with Gasteiger partial charge in [0.25, 0.3) is 0 Å². The zero-order chi connectivity index (χ0) is 20.8. The third-order valence-corrected chi connectivity index (χ3v) is 4.35. The molecule has 0 aliphatic heterocycles. The summed E-state index contributed by atoms with van der Waals surface area (Å²) in [6.07, 6.45) is 3.45. The van der Waals surface area contributed by atoms with Gasteiger partial charge in [-0.3, -0.25) is 0 Å². The number of halogens is 3. The summed E-state index contributed by atoms with van der Waals surface area (Å²) in [6, 6.07) is 12.7. The first-order valence-electron chi connectivity index (χ1n) is 8.96. The molecule has 0 unspecified atom stereocenters. The van der Waals surface area contributed by atoms with Crippen molar-refractivity contribution in [2.24, 2.45) is 0 Å². The number of anilines is 1. The van der Waals surface area contributed by atoms with E-state index in [1.807, 2.05) is 22.9 Å². The second kappa shape index (κ2) is 9.14. The largest absolute Gasteiger partial charge is 0.345 e. The molecule has 1 N–H and O–H groups in total. The first-order chi connectivity index (χ1) is 14.0. The molecular formula is C22H20F3N3O. The minimum Gasteiger partial charge on any atom is -0.345 e. The standard InChI is InChI=1S/C22H20F3N3O/c1-2-11-28(22(29)26-18-9-10-20(24)21(25)13-18)15-19-4-3-12-27(19)14-16-5-7-17(23)8-6-16/h2-10,12-13H,1,11,14-15H2,(H,26,29). The van der Waals surface area contributed by atoms with Crippen LogP contribution in [0.4, 0.5) is 23.7 Å². The van der Waals surface area contributed by atoms with Crippen molar-refractivity contribution in [2.45, 2.75) is 13.1 Å². The fraction of sp³-hybridized carbons (Fsp3) is 0.136. The van der Waals surface area contributed by atoms with Crippen LogP contribution < -0.4 is 5.32 Å². The summed E-state index contributed by atoms with van der Waals surface area (Å²) in [5, 5.41) is 2.56. The van der Waals surface area contributed by atoms with Gasteiger partial charge in [-0.05, 0) is 42.0 Å². The van der Waals surface area contributed by atoms with E-state index in [2.05, 4.69) is 11.9 Å². The van der Waals surface area contributed by atoms with Crippen molar-refractivity contribution in [1.82, 2.24) is 9.47 Å². The molecule has 0 atom stereocenters. The number of hydrogen-bond donors (Lipinski definition) is 1. The maximum absolute atomic E-state index is 13.4. The van der Waals surface area contributed by atoms with E-state index in [9.17, 15) is 18.0 Å². The molecule has 0 bridgehead atoms. The van der Waals surface area contributed by atoms with Crippen molar-refractivity contribution in [1.29, 1.82) is 0 Å². The fourth-order valence-corrected chi connectivity index (χ4v) is 2.88. The predicted octanol–water partition coefficient (Wildman–Crippen LogP) is 5.17. The Hall–Kier alpha value is -3.48. The van der Waals surface area contributed by atoms with Crippen molar-refractivity contribution in [3.63, 3.8) is 0 Å². The summed E-state index contributed by atoms with van der Waals surface area (Å²) in [6.45, 7) is 4.73. The molecular weight excluding hydrogens is 379 g/mol. The second-order valence-electron chi connectivity index (χ2n) is 6.48. The molecule has 0 spiro atoms. The first kappa shape index (κ1) is 20.3. The SMILES string of the molecule is C=CCN(Cc1cccn1Cc1ccc(F)cc1)C(=O)Nc1ccc(F)c(F)c1. The average Bonchev–Trinajstić information content (AvgIpc) is 3.13. The smallest absolute Gasteiger partial charge is 0.322 e. The number of nitrogens with zero attached hydrogens (tertiary/aromatic N) is 2. The van der Waals surface area contributed by atoms with Gasteiger partial charge >= 0.3 is 6.03 Å². The monoisotopic (exact) mass is 399 g/mol. The quantitative estimate of drug-likeness (QED) is 0.547. The topological polar surface area (TPSA) is 37.3 Å². The molecule has 1 aromatic heterocycles. The number of aromatic nitrogens is 1. The molecule has 2 amide bonds. The van der Waals surface area contributed by atoms with Gasteiger partial charge in [-0.25, -0.2) is 18.0 Å². The summed E-state index contributed by atoms with van der Waals surface area (Å²) in [4.78, 5) is 14.1. The number of rotatable bonds is 7. The van der Waals surface area contributed by atoms with Crippen molar-refractivity contribution in [3.8, 4) is 0 Å². The van der Waals surface area contributed by atoms with Crippen molar-refractivity contribution in [3.05, 3.63) is 102 Å². The lowest BCUT2D eigenvalue weighted by Gasteiger charge is -2.23. The zero-order valence-corrected chi connectivity index (χ0v) is 15.6. The van der Waals surface area contributed by atoms with Gasteiger partial charge in [0.2, 0.25) is 0 Å². The molecule has 0 radical (unpaired) electrons. The minimum absolute atomic E-state index is 0.157. The van der Waals surface area contributed by atoms with Crippen LogP contribution in [0.3, 0.4) is 0 Å². The van der Waals surface area contributed by atoms with Crippen LogP contribution in [0.1, 0.15) is 11.3 Å². The highest BCUT2D eigenvalue weighted by atomic mass is 19.2. The molecule has 3 aromatic rings. The second-order valence-corrected chi connectivity index (χ2v) is 6.48. The predicted molar refractivity (Wildman–Crippen MR) is 106 cm³/mol. The van der Waals surface area contributed by atoms with Gasteiger partial charge in [-0.2, -0.15) is 0 Å². The Morgan fingerprint density at radius 2 is 1.83 bits per heavy atom. The van der Waals surface area contributed by atoms with Gasteiger partial charge in [0.05, 0.1) is 6.54 Å². The number of carbonyl (C=O) groups is 1. The van der Waals surface area contributed by atoms with Crippen LogP contribution in [0.5, 0.6) is 0 Å². The molecule has 4 nitrogen and oxygen atoms in total. The van der Waals surface area contributed by atoms with Gasteiger partial charge in [-0.15, -0.1) is 6.58 Å². The molecule has 150 valence electrons. The zero-order valence-electron chi connectivity index (χ0n) is 15.6. The highest BCUT2D eigenvalue weighted by Crippen LogP contribution is 2.16. The Kier molecular flexibility index (Phi) is 6.39. The summed E-state index contributed by atoms with van der Waals surface area (Å²) in [5.74, 6) is -2.32. The minimum atomic E-state index is -1.04. The van der Waals surface area contributed by atoms with E-state index < -0.39 is 17.7 Å². The van der Waals surface area contributed by atoms with Crippen molar-refractivity contribution < 1.29 is 18.0 Å².